The summed E-state index contributed by atoms with van der Waals surface area (Å²) in [5.41, 5.74) is 1.02. The van der Waals surface area contributed by atoms with Gasteiger partial charge in [-0.15, -0.1) is 0 Å². The summed E-state index contributed by atoms with van der Waals surface area (Å²) in [6.07, 6.45) is 4.89. The van der Waals surface area contributed by atoms with Crippen molar-refractivity contribution >= 4 is 33.6 Å². The van der Waals surface area contributed by atoms with Crippen molar-refractivity contribution < 1.29 is 9.47 Å². The molecule has 0 bridgehead atoms. The molecule has 86 valence electrons. The molecule has 0 saturated carbocycles. The lowest BCUT2D eigenvalue weighted by Gasteiger charge is -2.09. The average molecular weight is 304 g/mol. The van der Waals surface area contributed by atoms with Gasteiger partial charge >= 0.3 is 0 Å². The molecule has 0 radical (unpaired) electrons. The molecule has 0 saturated heterocycles. The van der Waals surface area contributed by atoms with E-state index in [4.69, 9.17) is 21.1 Å². The Morgan fingerprint density at radius 2 is 2.12 bits per heavy atom. The van der Waals surface area contributed by atoms with E-state index in [0.717, 1.165) is 23.1 Å². The zero-order valence-corrected chi connectivity index (χ0v) is 11.1. The molecule has 0 N–H and O–H groups in total. The molecule has 1 aliphatic heterocycles. The maximum atomic E-state index is 6.15. The van der Waals surface area contributed by atoms with Gasteiger partial charge in [0.1, 0.15) is 0 Å². The van der Waals surface area contributed by atoms with Crippen LogP contribution in [0.1, 0.15) is 12.0 Å². The number of allylic oxidation sites excluding steroid dienone is 1. The monoisotopic (exact) mass is 302 g/mol. The van der Waals surface area contributed by atoms with Crippen LogP contribution in [0.15, 0.2) is 18.2 Å². The van der Waals surface area contributed by atoms with Gasteiger partial charge in [-0.1, -0.05) is 39.7 Å². The molecule has 0 fully saturated rings. The minimum absolute atomic E-state index is 0.605. The van der Waals surface area contributed by atoms with Crippen LogP contribution in [0.2, 0.25) is 5.02 Å². The third-order valence-electron chi connectivity index (χ3n) is 2.22. The maximum absolute atomic E-state index is 6.15. The van der Waals surface area contributed by atoms with E-state index < -0.39 is 0 Å². The molecule has 16 heavy (non-hydrogen) atoms. The van der Waals surface area contributed by atoms with E-state index in [-0.39, 0.29) is 0 Å². The molecular weight excluding hydrogens is 291 g/mol. The summed E-state index contributed by atoms with van der Waals surface area (Å²) in [6, 6.07) is 3.83. The van der Waals surface area contributed by atoms with Gasteiger partial charge in [0, 0.05) is 11.8 Å². The van der Waals surface area contributed by atoms with Crippen LogP contribution in [0.25, 0.3) is 6.08 Å². The number of fused-ring (bicyclic) bond motifs is 1. The molecule has 0 unspecified atom stereocenters. The normalized spacial score (nSPS) is 15.1. The van der Waals surface area contributed by atoms with Gasteiger partial charge in [-0.05, 0) is 17.7 Å². The molecule has 0 aromatic heterocycles. The lowest BCUT2D eigenvalue weighted by Crippen LogP contribution is -1.97. The van der Waals surface area contributed by atoms with Crippen molar-refractivity contribution in [3.05, 3.63) is 28.8 Å². The Morgan fingerprint density at radius 3 is 2.94 bits per heavy atom. The summed E-state index contributed by atoms with van der Waals surface area (Å²) in [5.74, 6) is 1.40. The summed E-state index contributed by atoms with van der Waals surface area (Å²) in [4.78, 5) is 0. The second-order valence-electron chi connectivity index (χ2n) is 3.44. The predicted octanol–water partition coefficient (Wildman–Crippen LogP) is 3.91. The molecule has 0 spiro atoms. The van der Waals surface area contributed by atoms with Gasteiger partial charge in [0.25, 0.3) is 0 Å². The Labute approximate surface area is 108 Å². The first-order valence-electron chi connectivity index (χ1n) is 5.13. The lowest BCUT2D eigenvalue weighted by molar-refractivity contribution is 0.297. The zero-order chi connectivity index (χ0) is 11.4. The highest BCUT2D eigenvalue weighted by atomic mass is 79.9. The summed E-state index contributed by atoms with van der Waals surface area (Å²) in [7, 11) is 0. The minimum atomic E-state index is 0.605. The van der Waals surface area contributed by atoms with E-state index in [1.54, 1.807) is 0 Å². The van der Waals surface area contributed by atoms with Crippen molar-refractivity contribution in [2.75, 3.05) is 18.5 Å². The highest BCUT2D eigenvalue weighted by Crippen LogP contribution is 2.38. The minimum Gasteiger partial charge on any atom is -0.489 e. The Balaban J connectivity index is 2.35. The summed E-state index contributed by atoms with van der Waals surface area (Å²) >= 11 is 9.49. The quantitative estimate of drug-likeness (QED) is 0.771. The summed E-state index contributed by atoms with van der Waals surface area (Å²) in [5, 5.41) is 1.42. The molecule has 0 aliphatic carbocycles. The second kappa shape index (κ2) is 5.60. The fraction of sp³-hybridized carbons (Fsp3) is 0.333. The van der Waals surface area contributed by atoms with E-state index in [1.165, 1.54) is 0 Å². The third kappa shape index (κ3) is 2.71. The number of ether oxygens (including phenoxy) is 2. The van der Waals surface area contributed by atoms with Gasteiger partial charge in [0.05, 0.1) is 18.2 Å². The van der Waals surface area contributed by atoms with Crippen molar-refractivity contribution in [3.63, 3.8) is 0 Å². The van der Waals surface area contributed by atoms with Crippen LogP contribution < -0.4 is 9.47 Å². The van der Waals surface area contributed by atoms with Crippen LogP contribution in [0, 0.1) is 0 Å². The van der Waals surface area contributed by atoms with Crippen LogP contribution in [0.4, 0.5) is 0 Å². The molecule has 1 aliphatic rings. The molecule has 0 atom stereocenters. The summed E-state index contributed by atoms with van der Waals surface area (Å²) in [6.45, 7) is 1.33. The molecule has 1 aromatic carbocycles. The Bertz CT molecular complexity index is 404. The molecule has 1 aromatic rings. The van der Waals surface area contributed by atoms with E-state index in [2.05, 4.69) is 15.9 Å². The zero-order valence-electron chi connectivity index (χ0n) is 8.71. The van der Waals surface area contributed by atoms with E-state index in [9.17, 15) is 0 Å². The molecule has 4 heteroatoms. The van der Waals surface area contributed by atoms with Crippen LogP contribution >= 0.6 is 27.5 Å². The Kier molecular flexibility index (Phi) is 4.13. The van der Waals surface area contributed by atoms with Gasteiger partial charge in [-0.25, -0.2) is 0 Å². The van der Waals surface area contributed by atoms with Gasteiger partial charge in [0.2, 0.25) is 0 Å². The highest BCUT2D eigenvalue weighted by molar-refractivity contribution is 9.09. The van der Waals surface area contributed by atoms with Crippen molar-refractivity contribution in [2.45, 2.75) is 6.42 Å². The van der Waals surface area contributed by atoms with Crippen LogP contribution in [0.5, 0.6) is 11.5 Å². The number of rotatable bonds is 2. The largest absolute Gasteiger partial charge is 0.489 e. The fourth-order valence-electron chi connectivity index (χ4n) is 1.53. The molecule has 2 rings (SSSR count). The first kappa shape index (κ1) is 11.8. The number of hydrogen-bond donors (Lipinski definition) is 0. The maximum Gasteiger partial charge on any atom is 0.179 e. The topological polar surface area (TPSA) is 18.5 Å². The second-order valence-corrected chi connectivity index (χ2v) is 4.49. The van der Waals surface area contributed by atoms with Gasteiger partial charge in [-0.3, -0.25) is 0 Å². The molecule has 0 amide bonds. The smallest absolute Gasteiger partial charge is 0.179 e. The van der Waals surface area contributed by atoms with E-state index in [0.29, 0.717) is 24.0 Å². The third-order valence-corrected chi connectivity index (χ3v) is 2.88. The van der Waals surface area contributed by atoms with Crippen molar-refractivity contribution in [2.24, 2.45) is 0 Å². The lowest BCUT2D eigenvalue weighted by atomic mass is 10.2. The number of hydrogen-bond acceptors (Lipinski definition) is 2. The van der Waals surface area contributed by atoms with Gasteiger partial charge in [-0.2, -0.15) is 0 Å². The van der Waals surface area contributed by atoms with Crippen molar-refractivity contribution in [1.82, 2.24) is 0 Å². The number of benzene rings is 1. The van der Waals surface area contributed by atoms with Gasteiger partial charge in [0.15, 0.2) is 11.5 Å². The predicted molar refractivity (Wildman–Crippen MR) is 69.9 cm³/mol. The SMILES string of the molecule is Clc1cc(C=CCBr)cc2c1OCCCO2. The van der Waals surface area contributed by atoms with Crippen molar-refractivity contribution in [3.8, 4) is 11.5 Å². The molecule has 1 heterocycles. The van der Waals surface area contributed by atoms with Crippen LogP contribution in [0.3, 0.4) is 0 Å². The highest BCUT2D eigenvalue weighted by Gasteiger charge is 2.14. The van der Waals surface area contributed by atoms with E-state index in [1.807, 2.05) is 24.3 Å². The molecule has 2 nitrogen and oxygen atoms in total. The average Bonchev–Trinajstić information content (AvgIpc) is 2.51. The summed E-state index contributed by atoms with van der Waals surface area (Å²) < 4.78 is 11.1. The first-order valence-corrected chi connectivity index (χ1v) is 6.63. The Morgan fingerprint density at radius 1 is 1.31 bits per heavy atom. The first-order chi connectivity index (χ1) is 7.81. The van der Waals surface area contributed by atoms with Crippen LogP contribution in [-0.2, 0) is 0 Å². The standard InChI is InChI=1S/C12H12BrClO2/c13-4-1-3-9-7-10(14)12-11(8-9)15-5-2-6-16-12/h1,3,7-8H,2,4-6H2. The van der Waals surface area contributed by atoms with Crippen LogP contribution in [-0.4, -0.2) is 18.5 Å². The number of alkyl halides is 1. The number of halogens is 2. The van der Waals surface area contributed by atoms with Crippen molar-refractivity contribution in [1.29, 1.82) is 0 Å². The van der Waals surface area contributed by atoms with E-state index >= 15 is 0 Å². The molecular formula is C12H12BrClO2. The fourth-order valence-corrected chi connectivity index (χ4v) is 1.99. The Hall–Kier alpha value is -0.670. The van der Waals surface area contributed by atoms with Gasteiger partial charge < -0.3 is 9.47 Å².